The summed E-state index contributed by atoms with van der Waals surface area (Å²) in [6.45, 7) is 9.40. The van der Waals surface area contributed by atoms with Crippen LogP contribution in [-0.4, -0.2) is 56.6 Å². The summed E-state index contributed by atoms with van der Waals surface area (Å²) in [6.07, 6.45) is 2.85. The molecule has 0 aliphatic rings. The van der Waals surface area contributed by atoms with Crippen molar-refractivity contribution in [2.75, 3.05) is 23.7 Å². The number of nitrogens with zero attached hydrogens (tertiary/aromatic N) is 2. The maximum atomic E-state index is 13.7. The third-order valence-electron chi connectivity index (χ3n) is 6.18. The minimum Gasteiger partial charge on any atom is -0.352 e. The molecule has 0 saturated carbocycles. The summed E-state index contributed by atoms with van der Waals surface area (Å²) < 4.78 is 26.7. The number of carbonyl (C=O) groups is 2. The Balaban J connectivity index is 2.40. The molecule has 2 amide bonds. The number of nitrogens with one attached hydrogen (secondary N) is 1. The van der Waals surface area contributed by atoms with Crippen molar-refractivity contribution in [2.24, 2.45) is 0 Å². The maximum Gasteiger partial charge on any atom is 0.244 e. The van der Waals surface area contributed by atoms with Gasteiger partial charge in [-0.05, 0) is 62.8 Å². The standard InChI is InChI=1S/C27H39N3O4S/c1-7-22(5)28-27(32)24(8-2)29(17-16-23-12-10-9-11-13-23)26(31)19-30(35(6,33)34)25-18-20(3)14-15-21(25)4/h9-15,18,22,24H,7-8,16-17,19H2,1-6H3,(H,28,32)/t22-,24-/m1/s1. The van der Waals surface area contributed by atoms with Crippen molar-refractivity contribution < 1.29 is 18.0 Å². The highest BCUT2D eigenvalue weighted by Crippen LogP contribution is 2.24. The molecular weight excluding hydrogens is 462 g/mol. The highest BCUT2D eigenvalue weighted by Gasteiger charge is 2.32. The van der Waals surface area contributed by atoms with Gasteiger partial charge in [-0.3, -0.25) is 13.9 Å². The smallest absolute Gasteiger partial charge is 0.244 e. The molecule has 2 rings (SSSR count). The average Bonchev–Trinajstić information content (AvgIpc) is 2.81. The van der Waals surface area contributed by atoms with E-state index in [-0.39, 0.29) is 18.5 Å². The van der Waals surface area contributed by atoms with Gasteiger partial charge in [-0.15, -0.1) is 0 Å². The summed E-state index contributed by atoms with van der Waals surface area (Å²) in [7, 11) is -3.74. The van der Waals surface area contributed by atoms with Crippen LogP contribution >= 0.6 is 0 Å². The second kappa shape index (κ2) is 12.7. The van der Waals surface area contributed by atoms with E-state index in [1.807, 2.05) is 77.1 Å². The molecule has 192 valence electrons. The number of aryl methyl sites for hydroxylation is 2. The second-order valence-corrected chi connectivity index (χ2v) is 11.0. The molecule has 0 fully saturated rings. The Morgan fingerprint density at radius 3 is 2.23 bits per heavy atom. The summed E-state index contributed by atoms with van der Waals surface area (Å²) in [5, 5.41) is 2.98. The second-order valence-electron chi connectivity index (χ2n) is 9.12. The van der Waals surface area contributed by atoms with Gasteiger partial charge in [-0.2, -0.15) is 0 Å². The van der Waals surface area contributed by atoms with Crippen LogP contribution in [0.5, 0.6) is 0 Å². The molecule has 0 bridgehead atoms. The number of rotatable bonds is 12. The summed E-state index contributed by atoms with van der Waals surface area (Å²) in [6, 6.07) is 14.5. The monoisotopic (exact) mass is 501 g/mol. The third kappa shape index (κ3) is 8.09. The zero-order valence-corrected chi connectivity index (χ0v) is 22.6. The maximum absolute atomic E-state index is 13.7. The molecule has 2 aromatic carbocycles. The highest BCUT2D eigenvalue weighted by molar-refractivity contribution is 7.92. The average molecular weight is 502 g/mol. The fraction of sp³-hybridized carbons (Fsp3) is 0.481. The van der Waals surface area contributed by atoms with Gasteiger partial charge in [0.2, 0.25) is 21.8 Å². The van der Waals surface area contributed by atoms with Gasteiger partial charge in [0, 0.05) is 12.6 Å². The fourth-order valence-electron chi connectivity index (χ4n) is 3.92. The van der Waals surface area contributed by atoms with E-state index in [0.717, 1.165) is 33.7 Å². The van der Waals surface area contributed by atoms with Gasteiger partial charge < -0.3 is 10.2 Å². The van der Waals surface area contributed by atoms with Crippen LogP contribution in [0.2, 0.25) is 0 Å². The van der Waals surface area contributed by atoms with Crippen LogP contribution < -0.4 is 9.62 Å². The van der Waals surface area contributed by atoms with Crippen molar-refractivity contribution >= 4 is 27.5 Å². The number of hydrogen-bond donors (Lipinski definition) is 1. The lowest BCUT2D eigenvalue weighted by Gasteiger charge is -2.33. The van der Waals surface area contributed by atoms with E-state index in [9.17, 15) is 18.0 Å². The summed E-state index contributed by atoms with van der Waals surface area (Å²) >= 11 is 0. The molecule has 2 atom stereocenters. The van der Waals surface area contributed by atoms with Gasteiger partial charge in [0.05, 0.1) is 11.9 Å². The lowest BCUT2D eigenvalue weighted by molar-refractivity contribution is -0.139. The molecule has 35 heavy (non-hydrogen) atoms. The fourth-order valence-corrected chi connectivity index (χ4v) is 4.82. The quantitative estimate of drug-likeness (QED) is 0.479. The van der Waals surface area contributed by atoms with Gasteiger partial charge in [0.1, 0.15) is 12.6 Å². The van der Waals surface area contributed by atoms with Crippen molar-refractivity contribution in [3.8, 4) is 0 Å². The largest absolute Gasteiger partial charge is 0.352 e. The Bertz CT molecular complexity index is 1100. The Morgan fingerprint density at radius 2 is 1.66 bits per heavy atom. The Hall–Kier alpha value is -2.87. The predicted molar refractivity (Wildman–Crippen MR) is 142 cm³/mol. The van der Waals surface area contributed by atoms with E-state index in [1.54, 1.807) is 6.07 Å². The van der Waals surface area contributed by atoms with E-state index in [1.165, 1.54) is 4.90 Å². The molecule has 1 N–H and O–H groups in total. The van der Waals surface area contributed by atoms with Crippen LogP contribution in [-0.2, 0) is 26.0 Å². The molecule has 0 saturated heterocycles. The van der Waals surface area contributed by atoms with Crippen molar-refractivity contribution in [2.45, 2.75) is 66.0 Å². The van der Waals surface area contributed by atoms with Gasteiger partial charge in [0.25, 0.3) is 0 Å². The van der Waals surface area contributed by atoms with Crippen LogP contribution in [0.4, 0.5) is 5.69 Å². The van der Waals surface area contributed by atoms with Crippen molar-refractivity contribution in [3.63, 3.8) is 0 Å². The number of carbonyl (C=O) groups excluding carboxylic acids is 2. The number of benzene rings is 2. The van der Waals surface area contributed by atoms with Crippen LogP contribution in [0.1, 0.15) is 50.3 Å². The molecule has 8 heteroatoms. The number of amides is 2. The van der Waals surface area contributed by atoms with Gasteiger partial charge in [-0.1, -0.05) is 56.3 Å². The molecule has 7 nitrogen and oxygen atoms in total. The number of anilines is 1. The Morgan fingerprint density at radius 1 is 1.00 bits per heavy atom. The molecule has 0 heterocycles. The van der Waals surface area contributed by atoms with E-state index in [0.29, 0.717) is 25.1 Å². The summed E-state index contributed by atoms with van der Waals surface area (Å²) in [5.74, 6) is -0.626. The zero-order chi connectivity index (χ0) is 26.2. The molecule has 0 unspecified atom stereocenters. The Kier molecular flexibility index (Phi) is 10.3. The van der Waals surface area contributed by atoms with Crippen LogP contribution in [0, 0.1) is 13.8 Å². The topological polar surface area (TPSA) is 86.8 Å². The molecular formula is C27H39N3O4S. The highest BCUT2D eigenvalue weighted by atomic mass is 32.2. The third-order valence-corrected chi connectivity index (χ3v) is 7.31. The lowest BCUT2D eigenvalue weighted by Crippen LogP contribution is -2.54. The Labute approximate surface area is 210 Å². The number of sulfonamides is 1. The van der Waals surface area contributed by atoms with Gasteiger partial charge in [-0.25, -0.2) is 8.42 Å². The van der Waals surface area contributed by atoms with E-state index in [2.05, 4.69) is 5.32 Å². The van der Waals surface area contributed by atoms with Gasteiger partial charge >= 0.3 is 0 Å². The van der Waals surface area contributed by atoms with Gasteiger partial charge in [0.15, 0.2) is 0 Å². The first-order valence-corrected chi connectivity index (χ1v) is 14.0. The van der Waals surface area contributed by atoms with E-state index < -0.39 is 22.0 Å². The minimum atomic E-state index is -3.74. The van der Waals surface area contributed by atoms with Crippen LogP contribution in [0.15, 0.2) is 48.5 Å². The van der Waals surface area contributed by atoms with Crippen molar-refractivity contribution in [3.05, 3.63) is 65.2 Å². The first kappa shape index (κ1) is 28.4. The predicted octanol–water partition coefficient (Wildman–Crippen LogP) is 3.83. The normalized spacial score (nSPS) is 13.1. The molecule has 0 aromatic heterocycles. The van der Waals surface area contributed by atoms with Crippen LogP contribution in [0.3, 0.4) is 0 Å². The molecule has 0 aliphatic carbocycles. The van der Waals surface area contributed by atoms with Crippen molar-refractivity contribution in [1.82, 2.24) is 10.2 Å². The lowest BCUT2D eigenvalue weighted by atomic mass is 10.1. The number of hydrogen-bond acceptors (Lipinski definition) is 4. The first-order valence-electron chi connectivity index (χ1n) is 12.2. The van der Waals surface area contributed by atoms with E-state index in [4.69, 9.17) is 0 Å². The molecule has 0 radical (unpaired) electrons. The molecule has 0 aliphatic heterocycles. The zero-order valence-electron chi connectivity index (χ0n) is 21.7. The first-order chi connectivity index (χ1) is 16.5. The van der Waals surface area contributed by atoms with Crippen molar-refractivity contribution in [1.29, 1.82) is 0 Å². The molecule has 2 aromatic rings. The minimum absolute atomic E-state index is 0.0231. The summed E-state index contributed by atoms with van der Waals surface area (Å²) in [5.41, 5.74) is 3.16. The SMILES string of the molecule is CC[C@@H](C)NC(=O)[C@@H](CC)N(CCc1ccccc1)C(=O)CN(c1cc(C)ccc1C)S(C)(=O)=O. The van der Waals surface area contributed by atoms with E-state index >= 15 is 0 Å². The summed E-state index contributed by atoms with van der Waals surface area (Å²) in [4.78, 5) is 28.3. The molecule has 0 spiro atoms. The van der Waals surface area contributed by atoms with Crippen LogP contribution in [0.25, 0.3) is 0 Å².